The Bertz CT molecular complexity index is 413. The average Bonchev–Trinajstić information content (AvgIpc) is 2.27. The minimum atomic E-state index is 0.0298. The van der Waals surface area contributed by atoms with E-state index in [1.807, 2.05) is 7.05 Å². The van der Waals surface area contributed by atoms with Crippen LogP contribution in [-0.4, -0.2) is 33.3 Å². The lowest BCUT2D eigenvalue weighted by Crippen LogP contribution is -2.48. The third-order valence-electron chi connectivity index (χ3n) is 3.48. The molecule has 0 saturated heterocycles. The molecule has 0 atom stereocenters. The first-order chi connectivity index (χ1) is 8.33. The second kappa shape index (κ2) is 5.61. The quantitative estimate of drug-likeness (QED) is 0.869. The Balaban J connectivity index is 3.23. The number of hydrogen-bond acceptors (Lipinski definition) is 3. The van der Waals surface area contributed by atoms with Crippen molar-refractivity contribution >= 4 is 5.69 Å². The summed E-state index contributed by atoms with van der Waals surface area (Å²) in [6.45, 7) is 9.60. The third-order valence-corrected chi connectivity index (χ3v) is 3.48. The van der Waals surface area contributed by atoms with Gasteiger partial charge in [-0.3, -0.25) is 0 Å². The molecule has 0 aliphatic heterocycles. The maximum atomic E-state index is 5.54. The van der Waals surface area contributed by atoms with Crippen molar-refractivity contribution in [3.8, 4) is 5.75 Å². The van der Waals surface area contributed by atoms with Crippen LogP contribution in [0, 0.1) is 13.8 Å². The van der Waals surface area contributed by atoms with Crippen molar-refractivity contribution < 1.29 is 4.74 Å². The zero-order valence-corrected chi connectivity index (χ0v) is 12.7. The summed E-state index contributed by atoms with van der Waals surface area (Å²) in [7, 11) is 5.84. The molecule has 0 aliphatic rings. The lowest BCUT2D eigenvalue weighted by molar-refractivity contribution is 0.404. The van der Waals surface area contributed by atoms with Crippen LogP contribution in [0.5, 0.6) is 5.75 Å². The van der Waals surface area contributed by atoms with Gasteiger partial charge in [0.2, 0.25) is 0 Å². The molecular weight excluding hydrogens is 224 g/mol. The molecule has 0 radical (unpaired) electrons. The van der Waals surface area contributed by atoms with E-state index in [2.05, 4.69) is 57.1 Å². The fourth-order valence-corrected chi connectivity index (χ4v) is 2.36. The Morgan fingerprint density at radius 1 is 1.28 bits per heavy atom. The molecule has 0 amide bonds. The molecule has 1 N–H and O–H groups in total. The average molecular weight is 250 g/mol. The van der Waals surface area contributed by atoms with Crippen LogP contribution in [0.15, 0.2) is 12.1 Å². The number of methoxy groups -OCH3 is 1. The van der Waals surface area contributed by atoms with Crippen LogP contribution >= 0.6 is 0 Å². The molecule has 0 heterocycles. The molecule has 0 spiro atoms. The van der Waals surface area contributed by atoms with Gasteiger partial charge in [0.25, 0.3) is 0 Å². The van der Waals surface area contributed by atoms with Gasteiger partial charge in [-0.2, -0.15) is 0 Å². The van der Waals surface area contributed by atoms with Crippen LogP contribution in [0.1, 0.15) is 25.0 Å². The molecule has 0 aliphatic carbocycles. The number of anilines is 1. The van der Waals surface area contributed by atoms with Gasteiger partial charge in [-0.15, -0.1) is 0 Å². The molecule has 3 heteroatoms. The first kappa shape index (κ1) is 14.8. The van der Waals surface area contributed by atoms with E-state index in [0.29, 0.717) is 0 Å². The maximum Gasteiger partial charge on any atom is 0.142 e. The number of hydrogen-bond donors (Lipinski definition) is 1. The van der Waals surface area contributed by atoms with Gasteiger partial charge in [0.1, 0.15) is 5.75 Å². The Labute approximate surface area is 111 Å². The van der Waals surface area contributed by atoms with Crippen molar-refractivity contribution in [1.29, 1.82) is 0 Å². The monoisotopic (exact) mass is 250 g/mol. The molecule has 0 aromatic heterocycles. The largest absolute Gasteiger partial charge is 0.495 e. The van der Waals surface area contributed by atoms with Gasteiger partial charge in [-0.1, -0.05) is 6.07 Å². The molecule has 0 unspecified atom stereocenters. The number of benzene rings is 1. The summed E-state index contributed by atoms with van der Waals surface area (Å²) in [5, 5.41) is 3.24. The second-order valence-corrected chi connectivity index (χ2v) is 5.53. The summed E-state index contributed by atoms with van der Waals surface area (Å²) in [6.07, 6.45) is 0. The zero-order chi connectivity index (χ0) is 13.9. The molecule has 0 saturated carbocycles. The number of ether oxygens (including phenoxy) is 1. The summed E-state index contributed by atoms with van der Waals surface area (Å²) >= 11 is 0. The fraction of sp³-hybridized carbons (Fsp3) is 0.600. The molecule has 0 bridgehead atoms. The van der Waals surface area contributed by atoms with Crippen LogP contribution in [-0.2, 0) is 0 Å². The van der Waals surface area contributed by atoms with Crippen molar-refractivity contribution in [2.24, 2.45) is 0 Å². The lowest BCUT2D eigenvalue weighted by Gasteiger charge is -2.39. The van der Waals surface area contributed by atoms with Gasteiger partial charge < -0.3 is 15.0 Å². The number of nitrogens with zero attached hydrogens (tertiary/aromatic N) is 1. The van der Waals surface area contributed by atoms with Crippen LogP contribution in [0.2, 0.25) is 0 Å². The van der Waals surface area contributed by atoms with Gasteiger partial charge in [0.05, 0.1) is 12.8 Å². The summed E-state index contributed by atoms with van der Waals surface area (Å²) in [4.78, 5) is 2.29. The number of rotatable bonds is 5. The van der Waals surface area contributed by atoms with Crippen molar-refractivity contribution in [3.05, 3.63) is 23.3 Å². The van der Waals surface area contributed by atoms with E-state index in [4.69, 9.17) is 4.74 Å². The smallest absolute Gasteiger partial charge is 0.142 e. The van der Waals surface area contributed by atoms with Gasteiger partial charge >= 0.3 is 0 Å². The van der Waals surface area contributed by atoms with Crippen LogP contribution in [0.25, 0.3) is 0 Å². The van der Waals surface area contributed by atoms with Crippen LogP contribution in [0.4, 0.5) is 5.69 Å². The highest BCUT2D eigenvalue weighted by molar-refractivity contribution is 5.65. The summed E-state index contributed by atoms with van der Waals surface area (Å²) in [5.74, 6) is 0.944. The molecule has 3 nitrogen and oxygen atoms in total. The van der Waals surface area contributed by atoms with E-state index >= 15 is 0 Å². The zero-order valence-electron chi connectivity index (χ0n) is 12.7. The molecule has 0 fully saturated rings. The summed E-state index contributed by atoms with van der Waals surface area (Å²) in [6, 6.07) is 4.29. The Morgan fingerprint density at radius 2 is 1.89 bits per heavy atom. The number of nitrogens with one attached hydrogen (secondary N) is 1. The van der Waals surface area contributed by atoms with Gasteiger partial charge in [-0.25, -0.2) is 0 Å². The summed E-state index contributed by atoms with van der Waals surface area (Å²) in [5.41, 5.74) is 3.68. The highest BCUT2D eigenvalue weighted by atomic mass is 16.5. The van der Waals surface area contributed by atoms with Gasteiger partial charge in [0.15, 0.2) is 0 Å². The predicted molar refractivity (Wildman–Crippen MR) is 78.9 cm³/mol. The van der Waals surface area contributed by atoms with Crippen LogP contribution < -0.4 is 15.0 Å². The molecule has 102 valence electrons. The molecule has 1 rings (SSSR count). The molecular formula is C15H26N2O. The minimum absolute atomic E-state index is 0.0298. The molecule has 18 heavy (non-hydrogen) atoms. The predicted octanol–water partition coefficient (Wildman–Crippen LogP) is 2.75. The van der Waals surface area contributed by atoms with Gasteiger partial charge in [-0.05, 0) is 51.9 Å². The molecule has 1 aromatic rings. The van der Waals surface area contributed by atoms with Crippen molar-refractivity contribution in [1.82, 2.24) is 5.32 Å². The Kier molecular flexibility index (Phi) is 4.63. The summed E-state index contributed by atoms with van der Waals surface area (Å²) < 4.78 is 5.54. The van der Waals surface area contributed by atoms with E-state index in [1.54, 1.807) is 7.11 Å². The standard InChI is InChI=1S/C15H26N2O/c1-11-8-12(2)14(13(9-11)18-7)17(6)15(3,4)10-16-5/h8-9,16H,10H2,1-7H3. The highest BCUT2D eigenvalue weighted by Gasteiger charge is 2.26. The SMILES string of the molecule is CNCC(C)(C)N(C)c1c(C)cc(C)cc1OC. The Hall–Kier alpha value is -1.22. The number of likely N-dealkylation sites (N-methyl/N-ethyl adjacent to an activating group) is 2. The van der Waals surface area contributed by atoms with E-state index in [-0.39, 0.29) is 5.54 Å². The van der Waals surface area contributed by atoms with E-state index in [1.165, 1.54) is 16.8 Å². The highest BCUT2D eigenvalue weighted by Crippen LogP contribution is 2.35. The fourth-order valence-electron chi connectivity index (χ4n) is 2.36. The van der Waals surface area contributed by atoms with Crippen molar-refractivity contribution in [2.75, 3.05) is 32.6 Å². The van der Waals surface area contributed by atoms with Crippen molar-refractivity contribution in [3.63, 3.8) is 0 Å². The van der Waals surface area contributed by atoms with Gasteiger partial charge in [0, 0.05) is 19.1 Å². The normalized spacial score (nSPS) is 11.5. The van der Waals surface area contributed by atoms with Crippen molar-refractivity contribution in [2.45, 2.75) is 33.2 Å². The third kappa shape index (κ3) is 2.96. The first-order valence-corrected chi connectivity index (χ1v) is 6.37. The number of aryl methyl sites for hydroxylation is 2. The van der Waals surface area contributed by atoms with E-state index < -0.39 is 0 Å². The Morgan fingerprint density at radius 3 is 2.39 bits per heavy atom. The second-order valence-electron chi connectivity index (χ2n) is 5.53. The minimum Gasteiger partial charge on any atom is -0.495 e. The van der Waals surface area contributed by atoms with E-state index in [9.17, 15) is 0 Å². The maximum absolute atomic E-state index is 5.54. The lowest BCUT2D eigenvalue weighted by atomic mass is 10.00. The molecule has 1 aromatic carbocycles. The van der Waals surface area contributed by atoms with Crippen LogP contribution in [0.3, 0.4) is 0 Å². The first-order valence-electron chi connectivity index (χ1n) is 6.37. The van der Waals surface area contributed by atoms with E-state index in [0.717, 1.165) is 12.3 Å². The topological polar surface area (TPSA) is 24.5 Å².